The Hall–Kier alpha value is -2.41. The minimum Gasteiger partial charge on any atom is -0.436 e. The van der Waals surface area contributed by atoms with Crippen LogP contribution < -0.4 is 10.1 Å². The largest absolute Gasteiger partial charge is 0.436 e. The van der Waals surface area contributed by atoms with Crippen molar-refractivity contribution in [2.75, 3.05) is 5.32 Å². The lowest BCUT2D eigenvalue weighted by Crippen LogP contribution is -2.13. The molecule has 6 nitrogen and oxygen atoms in total. The van der Waals surface area contributed by atoms with Gasteiger partial charge < -0.3 is 10.1 Å². The Kier molecular flexibility index (Phi) is 3.49. The molecule has 0 aliphatic heterocycles. The fraction of sp³-hybridized carbons (Fsp3) is 0.188. The van der Waals surface area contributed by atoms with Gasteiger partial charge in [-0.05, 0) is 47.0 Å². The van der Waals surface area contributed by atoms with E-state index in [1.807, 2.05) is 24.3 Å². The Morgan fingerprint density at radius 1 is 1.26 bits per heavy atom. The van der Waals surface area contributed by atoms with Crippen LogP contribution in [0.1, 0.15) is 12.8 Å². The lowest BCUT2D eigenvalue weighted by molar-refractivity contribution is -0.117. The molecule has 1 amide bonds. The molecule has 7 heteroatoms. The molecule has 2 heterocycles. The fourth-order valence-corrected chi connectivity index (χ4v) is 2.56. The van der Waals surface area contributed by atoms with E-state index in [1.165, 1.54) is 0 Å². The van der Waals surface area contributed by atoms with E-state index in [1.54, 1.807) is 22.8 Å². The van der Waals surface area contributed by atoms with Gasteiger partial charge in [-0.3, -0.25) is 4.79 Å². The van der Waals surface area contributed by atoms with Gasteiger partial charge in [0.05, 0.1) is 10.7 Å². The number of rotatable bonds is 4. The first-order valence-corrected chi connectivity index (χ1v) is 8.08. The monoisotopic (exact) mass is 372 g/mol. The number of nitrogens with one attached hydrogen (secondary N) is 1. The summed E-state index contributed by atoms with van der Waals surface area (Å²) in [6.45, 7) is 0. The van der Waals surface area contributed by atoms with Crippen molar-refractivity contribution < 1.29 is 9.53 Å². The van der Waals surface area contributed by atoms with E-state index in [-0.39, 0.29) is 11.8 Å². The number of benzene rings is 1. The molecule has 1 aromatic carbocycles. The number of amides is 1. The highest BCUT2D eigenvalue weighted by Gasteiger charge is 2.30. The first-order chi connectivity index (χ1) is 11.2. The van der Waals surface area contributed by atoms with Crippen molar-refractivity contribution in [2.45, 2.75) is 12.8 Å². The number of carbonyl (C=O) groups excluding carboxylic acids is 1. The van der Waals surface area contributed by atoms with E-state index in [0.717, 1.165) is 17.3 Å². The van der Waals surface area contributed by atoms with E-state index in [9.17, 15) is 4.79 Å². The first kappa shape index (κ1) is 14.2. The van der Waals surface area contributed by atoms with Crippen LogP contribution in [0.25, 0.3) is 5.65 Å². The van der Waals surface area contributed by atoms with Gasteiger partial charge in [0.2, 0.25) is 11.8 Å². The van der Waals surface area contributed by atoms with Gasteiger partial charge in [0.25, 0.3) is 0 Å². The minimum atomic E-state index is 0.0260. The van der Waals surface area contributed by atoms with Crippen LogP contribution >= 0.6 is 15.9 Å². The lowest BCUT2D eigenvalue weighted by Gasteiger charge is -2.06. The average Bonchev–Trinajstić information content (AvgIpc) is 3.31. The van der Waals surface area contributed by atoms with Crippen molar-refractivity contribution in [1.29, 1.82) is 0 Å². The maximum atomic E-state index is 11.8. The molecule has 0 bridgehead atoms. The van der Waals surface area contributed by atoms with Gasteiger partial charge in [-0.15, -0.1) is 5.10 Å². The summed E-state index contributed by atoms with van der Waals surface area (Å²) < 4.78 is 8.21. The molecule has 0 saturated heterocycles. The molecule has 1 aliphatic carbocycles. The summed E-state index contributed by atoms with van der Waals surface area (Å²) in [7, 11) is 0. The smallest absolute Gasteiger partial charge is 0.237 e. The molecule has 1 saturated carbocycles. The number of hydrogen-bond donors (Lipinski definition) is 1. The molecule has 1 aliphatic rings. The highest BCUT2D eigenvalue weighted by Crippen LogP contribution is 2.30. The molecule has 2 aromatic heterocycles. The van der Waals surface area contributed by atoms with Crippen LogP contribution in [0.4, 0.5) is 5.82 Å². The predicted octanol–water partition coefficient (Wildman–Crippen LogP) is 3.63. The Bertz CT molecular complexity index is 889. The van der Waals surface area contributed by atoms with Crippen LogP contribution in [0.2, 0.25) is 0 Å². The second-order valence-corrected chi connectivity index (χ2v) is 6.25. The Balaban J connectivity index is 1.57. The summed E-state index contributed by atoms with van der Waals surface area (Å²) in [5.41, 5.74) is 0.649. The zero-order valence-corrected chi connectivity index (χ0v) is 13.7. The standard InChI is InChI=1S/C16H13BrN4O2/c17-11-3-1-2-4-12(11)23-15-8-7-14-18-13(9-21(14)20-15)19-16(22)10-5-6-10/h1-4,7-10H,5-6H2,(H,19,22). The highest BCUT2D eigenvalue weighted by atomic mass is 79.9. The number of halogens is 1. The van der Waals surface area contributed by atoms with E-state index in [0.29, 0.717) is 23.1 Å². The summed E-state index contributed by atoms with van der Waals surface area (Å²) in [6.07, 6.45) is 3.60. The van der Waals surface area contributed by atoms with Gasteiger partial charge >= 0.3 is 0 Å². The SMILES string of the molecule is O=C(Nc1cn2nc(Oc3ccccc3Br)ccc2n1)C1CC1. The zero-order valence-electron chi connectivity index (χ0n) is 12.1. The third-order valence-corrected chi connectivity index (χ3v) is 4.20. The summed E-state index contributed by atoms with van der Waals surface area (Å²) in [4.78, 5) is 16.1. The van der Waals surface area contributed by atoms with Crippen LogP contribution in [-0.4, -0.2) is 20.5 Å². The number of imidazole rings is 1. The Morgan fingerprint density at radius 3 is 2.87 bits per heavy atom. The van der Waals surface area contributed by atoms with Crippen molar-refractivity contribution in [3.63, 3.8) is 0 Å². The van der Waals surface area contributed by atoms with E-state index < -0.39 is 0 Å². The third-order valence-electron chi connectivity index (χ3n) is 3.55. The zero-order chi connectivity index (χ0) is 15.8. The van der Waals surface area contributed by atoms with Gasteiger partial charge in [0.1, 0.15) is 5.75 Å². The molecule has 1 N–H and O–H groups in total. The summed E-state index contributed by atoms with van der Waals surface area (Å²) >= 11 is 3.43. The first-order valence-electron chi connectivity index (χ1n) is 7.29. The number of anilines is 1. The molecule has 1 fully saturated rings. The molecule has 0 radical (unpaired) electrons. The summed E-state index contributed by atoms with van der Waals surface area (Å²) in [5, 5.41) is 7.17. The maximum Gasteiger partial charge on any atom is 0.237 e. The maximum absolute atomic E-state index is 11.8. The molecule has 116 valence electrons. The topological polar surface area (TPSA) is 68.5 Å². The van der Waals surface area contributed by atoms with Gasteiger partial charge in [0, 0.05) is 12.0 Å². The second-order valence-electron chi connectivity index (χ2n) is 5.40. The Morgan fingerprint density at radius 2 is 2.09 bits per heavy atom. The van der Waals surface area contributed by atoms with Crippen molar-refractivity contribution in [3.8, 4) is 11.6 Å². The van der Waals surface area contributed by atoms with Crippen molar-refractivity contribution in [1.82, 2.24) is 14.6 Å². The van der Waals surface area contributed by atoms with Crippen molar-refractivity contribution in [2.24, 2.45) is 5.92 Å². The molecular formula is C16H13BrN4O2. The Labute approximate surface area is 140 Å². The highest BCUT2D eigenvalue weighted by molar-refractivity contribution is 9.10. The normalized spacial score (nSPS) is 14.0. The van der Waals surface area contributed by atoms with E-state index in [4.69, 9.17) is 4.74 Å². The van der Waals surface area contributed by atoms with Crippen LogP contribution in [-0.2, 0) is 4.79 Å². The number of carbonyl (C=O) groups is 1. The summed E-state index contributed by atoms with van der Waals surface area (Å²) in [6, 6.07) is 11.1. The minimum absolute atomic E-state index is 0.0260. The number of hydrogen-bond acceptors (Lipinski definition) is 4. The number of nitrogens with zero attached hydrogens (tertiary/aromatic N) is 3. The number of aromatic nitrogens is 3. The molecule has 0 unspecified atom stereocenters. The van der Waals surface area contributed by atoms with Gasteiger partial charge in [-0.2, -0.15) is 0 Å². The average molecular weight is 373 g/mol. The van der Waals surface area contributed by atoms with Crippen molar-refractivity contribution in [3.05, 3.63) is 47.1 Å². The molecule has 0 spiro atoms. The van der Waals surface area contributed by atoms with Crippen LogP contribution in [0.5, 0.6) is 11.6 Å². The fourth-order valence-electron chi connectivity index (χ4n) is 2.19. The number of ether oxygens (including phenoxy) is 1. The van der Waals surface area contributed by atoms with Crippen LogP contribution in [0, 0.1) is 5.92 Å². The summed E-state index contributed by atoms with van der Waals surface area (Å²) in [5.74, 6) is 1.80. The van der Waals surface area contributed by atoms with Crippen LogP contribution in [0.3, 0.4) is 0 Å². The third kappa shape index (κ3) is 3.05. The quantitative estimate of drug-likeness (QED) is 0.758. The molecule has 4 rings (SSSR count). The molecular weight excluding hydrogens is 360 g/mol. The molecule has 3 aromatic rings. The second kappa shape index (κ2) is 5.66. The van der Waals surface area contributed by atoms with E-state index in [2.05, 4.69) is 31.3 Å². The predicted molar refractivity (Wildman–Crippen MR) is 88.6 cm³/mol. The van der Waals surface area contributed by atoms with Crippen LogP contribution in [0.15, 0.2) is 47.1 Å². The van der Waals surface area contributed by atoms with Gasteiger partial charge in [0.15, 0.2) is 11.5 Å². The van der Waals surface area contributed by atoms with Crippen molar-refractivity contribution >= 4 is 33.3 Å². The molecule has 23 heavy (non-hydrogen) atoms. The molecule has 0 atom stereocenters. The van der Waals surface area contributed by atoms with Gasteiger partial charge in [-0.1, -0.05) is 12.1 Å². The number of para-hydroxylation sites is 1. The van der Waals surface area contributed by atoms with E-state index >= 15 is 0 Å². The number of fused-ring (bicyclic) bond motifs is 1. The lowest BCUT2D eigenvalue weighted by atomic mass is 10.3. The van der Waals surface area contributed by atoms with Gasteiger partial charge in [-0.25, -0.2) is 9.50 Å².